The molecule has 4 unspecified atom stereocenters. The number of likely N-dealkylation sites (N-methyl/N-ethyl adjacent to an activating group) is 1. The molecule has 2 heteroatoms. The zero-order valence-electron chi connectivity index (χ0n) is 11.5. The fourth-order valence-corrected chi connectivity index (χ4v) is 4.17. The Balaban J connectivity index is 1.74. The van der Waals surface area contributed by atoms with Crippen LogP contribution in [-0.4, -0.2) is 17.6 Å². The largest absolute Gasteiger partial charge is 0.313 e. The van der Waals surface area contributed by atoms with Crippen LogP contribution in [0.3, 0.4) is 0 Å². The van der Waals surface area contributed by atoms with Gasteiger partial charge in [-0.2, -0.15) is 0 Å². The van der Waals surface area contributed by atoms with E-state index in [2.05, 4.69) is 36.3 Å². The van der Waals surface area contributed by atoms with Gasteiger partial charge in [0.1, 0.15) is 0 Å². The lowest BCUT2D eigenvalue weighted by atomic mass is 9.88. The predicted octanol–water partition coefficient (Wildman–Crippen LogP) is 3.21. The third-order valence-corrected chi connectivity index (χ3v) is 5.10. The highest BCUT2D eigenvalue weighted by Gasteiger charge is 2.56. The predicted molar refractivity (Wildman–Crippen MR) is 74.4 cm³/mol. The van der Waals surface area contributed by atoms with Crippen molar-refractivity contribution in [1.29, 1.82) is 0 Å². The van der Waals surface area contributed by atoms with Crippen LogP contribution in [0.5, 0.6) is 0 Å². The molecule has 0 amide bonds. The van der Waals surface area contributed by atoms with Gasteiger partial charge in [0.05, 0.1) is 0 Å². The molecule has 1 heterocycles. The van der Waals surface area contributed by atoms with Crippen LogP contribution in [0.1, 0.15) is 44.6 Å². The summed E-state index contributed by atoms with van der Waals surface area (Å²) in [4.78, 5) is 4.13. The molecule has 2 saturated carbocycles. The maximum Gasteiger partial charge on any atom is 0.0270 e. The average molecular weight is 244 g/mol. The minimum atomic E-state index is 0.601. The Morgan fingerprint density at radius 2 is 1.94 bits per heavy atom. The van der Waals surface area contributed by atoms with E-state index in [1.807, 2.05) is 12.4 Å². The first-order valence-electron chi connectivity index (χ1n) is 7.46. The van der Waals surface area contributed by atoms with Crippen LogP contribution < -0.4 is 5.32 Å². The minimum Gasteiger partial charge on any atom is -0.313 e. The van der Waals surface area contributed by atoms with E-state index in [1.165, 1.54) is 24.8 Å². The molecule has 3 rings (SSSR count). The van der Waals surface area contributed by atoms with Crippen molar-refractivity contribution in [1.82, 2.24) is 10.3 Å². The Labute approximate surface area is 110 Å². The van der Waals surface area contributed by atoms with Crippen molar-refractivity contribution in [3.8, 4) is 0 Å². The molecule has 1 aromatic rings. The molecule has 4 atom stereocenters. The lowest BCUT2D eigenvalue weighted by Crippen LogP contribution is -2.37. The number of nitrogens with zero attached hydrogens (tertiary/aromatic N) is 1. The molecule has 1 N–H and O–H groups in total. The van der Waals surface area contributed by atoms with Crippen molar-refractivity contribution in [2.75, 3.05) is 6.54 Å². The molecule has 0 radical (unpaired) electrons. The molecule has 0 saturated heterocycles. The number of nitrogens with one attached hydrogen (secondary N) is 1. The van der Waals surface area contributed by atoms with Gasteiger partial charge in [-0.25, -0.2) is 0 Å². The summed E-state index contributed by atoms with van der Waals surface area (Å²) in [5, 5.41) is 3.75. The van der Waals surface area contributed by atoms with Crippen molar-refractivity contribution in [2.45, 2.75) is 45.1 Å². The van der Waals surface area contributed by atoms with E-state index in [1.54, 1.807) is 0 Å². The van der Waals surface area contributed by atoms with Gasteiger partial charge in [-0.05, 0) is 60.8 Å². The first-order valence-corrected chi connectivity index (χ1v) is 7.46. The van der Waals surface area contributed by atoms with Crippen molar-refractivity contribution < 1.29 is 0 Å². The fraction of sp³-hybridized carbons (Fsp3) is 0.688. The molecule has 2 aliphatic carbocycles. The molecule has 2 fully saturated rings. The number of aromatic nitrogens is 1. The molecular formula is C16H24N2. The highest BCUT2D eigenvalue weighted by atomic mass is 14.9. The molecule has 0 bridgehead atoms. The van der Waals surface area contributed by atoms with Crippen molar-refractivity contribution >= 4 is 0 Å². The zero-order chi connectivity index (χ0) is 12.5. The SMILES string of the molecule is CCNC(C(C)c1ccncc1)C1C2CCCC21. The van der Waals surface area contributed by atoms with Crippen LogP contribution in [0.25, 0.3) is 0 Å². The van der Waals surface area contributed by atoms with E-state index in [9.17, 15) is 0 Å². The van der Waals surface area contributed by atoms with Crippen molar-refractivity contribution in [2.24, 2.45) is 17.8 Å². The summed E-state index contributed by atoms with van der Waals surface area (Å²) >= 11 is 0. The Hall–Kier alpha value is -0.890. The minimum absolute atomic E-state index is 0.601. The number of rotatable bonds is 5. The van der Waals surface area contributed by atoms with Gasteiger partial charge in [0, 0.05) is 18.4 Å². The third kappa shape index (κ3) is 2.07. The second-order valence-corrected chi connectivity index (χ2v) is 5.99. The van der Waals surface area contributed by atoms with E-state index in [0.29, 0.717) is 12.0 Å². The normalized spacial score (nSPS) is 32.9. The van der Waals surface area contributed by atoms with Crippen LogP contribution in [0.15, 0.2) is 24.5 Å². The van der Waals surface area contributed by atoms with Gasteiger partial charge in [-0.1, -0.05) is 20.3 Å². The van der Waals surface area contributed by atoms with Gasteiger partial charge in [-0.15, -0.1) is 0 Å². The Kier molecular flexibility index (Phi) is 3.38. The molecule has 2 aliphatic rings. The lowest BCUT2D eigenvalue weighted by molar-refractivity contribution is 0.368. The Bertz CT molecular complexity index is 379. The highest BCUT2D eigenvalue weighted by Crippen LogP contribution is 2.60. The smallest absolute Gasteiger partial charge is 0.0270 e. The molecule has 0 aromatic carbocycles. The second-order valence-electron chi connectivity index (χ2n) is 5.99. The van der Waals surface area contributed by atoms with E-state index >= 15 is 0 Å². The fourth-order valence-electron chi connectivity index (χ4n) is 4.17. The number of hydrogen-bond donors (Lipinski definition) is 1. The molecule has 1 aromatic heterocycles. The molecule has 98 valence electrons. The van der Waals surface area contributed by atoms with E-state index in [-0.39, 0.29) is 0 Å². The van der Waals surface area contributed by atoms with Crippen molar-refractivity contribution in [3.63, 3.8) is 0 Å². The summed E-state index contributed by atoms with van der Waals surface area (Å²) in [6, 6.07) is 5.01. The second kappa shape index (κ2) is 5.00. The Morgan fingerprint density at radius 1 is 1.28 bits per heavy atom. The first kappa shape index (κ1) is 12.2. The summed E-state index contributed by atoms with van der Waals surface area (Å²) < 4.78 is 0. The summed E-state index contributed by atoms with van der Waals surface area (Å²) in [6.45, 7) is 5.68. The highest BCUT2D eigenvalue weighted by molar-refractivity contribution is 5.20. The summed E-state index contributed by atoms with van der Waals surface area (Å²) in [5.41, 5.74) is 1.43. The van der Waals surface area contributed by atoms with E-state index in [4.69, 9.17) is 0 Å². The van der Waals surface area contributed by atoms with Crippen LogP contribution in [-0.2, 0) is 0 Å². The molecule has 2 nitrogen and oxygen atoms in total. The van der Waals surface area contributed by atoms with Gasteiger partial charge >= 0.3 is 0 Å². The van der Waals surface area contributed by atoms with Gasteiger partial charge < -0.3 is 5.32 Å². The summed E-state index contributed by atoms with van der Waals surface area (Å²) in [6.07, 6.45) is 8.25. The van der Waals surface area contributed by atoms with Gasteiger partial charge in [0.15, 0.2) is 0 Å². The topological polar surface area (TPSA) is 24.9 Å². The van der Waals surface area contributed by atoms with Gasteiger partial charge in [0.2, 0.25) is 0 Å². The molecule has 0 aliphatic heterocycles. The average Bonchev–Trinajstić information content (AvgIpc) is 2.87. The number of pyridine rings is 1. The van der Waals surface area contributed by atoms with Crippen molar-refractivity contribution in [3.05, 3.63) is 30.1 Å². The van der Waals surface area contributed by atoms with E-state index < -0.39 is 0 Å². The van der Waals surface area contributed by atoms with Gasteiger partial charge in [0.25, 0.3) is 0 Å². The standard InChI is InChI=1S/C16H24N2/c1-3-18-16(15-13-5-4-6-14(13)15)11(2)12-7-9-17-10-8-12/h7-11,13-16,18H,3-6H2,1-2H3. The maximum atomic E-state index is 4.13. The third-order valence-electron chi connectivity index (χ3n) is 5.10. The quantitative estimate of drug-likeness (QED) is 0.860. The Morgan fingerprint density at radius 3 is 2.56 bits per heavy atom. The lowest BCUT2D eigenvalue weighted by Gasteiger charge is -2.27. The van der Waals surface area contributed by atoms with Crippen LogP contribution in [0.4, 0.5) is 0 Å². The summed E-state index contributed by atoms with van der Waals surface area (Å²) in [5.74, 6) is 3.59. The first-order chi connectivity index (χ1) is 8.83. The number of hydrogen-bond acceptors (Lipinski definition) is 2. The van der Waals surface area contributed by atoms with Crippen LogP contribution >= 0.6 is 0 Å². The van der Waals surface area contributed by atoms with E-state index in [0.717, 1.165) is 24.3 Å². The number of fused-ring (bicyclic) bond motifs is 1. The van der Waals surface area contributed by atoms with Crippen LogP contribution in [0, 0.1) is 17.8 Å². The zero-order valence-corrected chi connectivity index (χ0v) is 11.5. The maximum absolute atomic E-state index is 4.13. The molecular weight excluding hydrogens is 220 g/mol. The van der Waals surface area contributed by atoms with Gasteiger partial charge in [-0.3, -0.25) is 4.98 Å². The van der Waals surface area contributed by atoms with Crippen LogP contribution in [0.2, 0.25) is 0 Å². The molecule has 0 spiro atoms. The molecule has 18 heavy (non-hydrogen) atoms. The summed E-state index contributed by atoms with van der Waals surface area (Å²) in [7, 11) is 0. The monoisotopic (exact) mass is 244 g/mol.